The van der Waals surface area contributed by atoms with E-state index in [0.29, 0.717) is 38.6 Å². The fraction of sp³-hybridized carbons (Fsp3) is 0.158. The monoisotopic (exact) mass is 358 g/mol. The molecule has 0 bridgehead atoms. The normalized spacial score (nSPS) is 10.7. The summed E-state index contributed by atoms with van der Waals surface area (Å²) in [5.74, 6) is -0.234. The number of aryl methyl sites for hydroxylation is 1. The topological polar surface area (TPSA) is 65.7 Å². The first-order valence-electron chi connectivity index (χ1n) is 7.67. The lowest BCUT2D eigenvalue weighted by Gasteiger charge is -2.05. The van der Waals surface area contributed by atoms with Gasteiger partial charge in [0.25, 0.3) is 0 Å². The molecule has 5 nitrogen and oxygen atoms in total. The molecule has 0 saturated heterocycles. The Balaban J connectivity index is 1.92. The van der Waals surface area contributed by atoms with E-state index in [-0.39, 0.29) is 6.61 Å². The molecule has 0 N–H and O–H groups in total. The maximum absolute atomic E-state index is 12.2. The first-order chi connectivity index (χ1) is 12.0. The molecule has 2 aromatic carbocycles. The largest absolute Gasteiger partial charge is 0.462 e. The minimum Gasteiger partial charge on any atom is -0.462 e. The van der Waals surface area contributed by atoms with Crippen molar-refractivity contribution in [1.29, 1.82) is 0 Å². The van der Waals surface area contributed by atoms with Crippen molar-refractivity contribution in [2.24, 2.45) is 0 Å². The van der Waals surface area contributed by atoms with Crippen molar-refractivity contribution >= 4 is 34.5 Å². The van der Waals surface area contributed by atoms with Crippen LogP contribution in [-0.4, -0.2) is 18.5 Å². The second kappa shape index (κ2) is 6.99. The van der Waals surface area contributed by atoms with Crippen LogP contribution in [0.5, 0.6) is 5.75 Å². The third-order valence-corrected chi connectivity index (χ3v) is 3.86. The number of carbonyl (C=O) groups is 2. The second-order valence-corrected chi connectivity index (χ2v) is 5.74. The van der Waals surface area contributed by atoms with Crippen LogP contribution in [0.4, 0.5) is 0 Å². The maximum Gasteiger partial charge on any atom is 0.343 e. The quantitative estimate of drug-likeness (QED) is 0.495. The van der Waals surface area contributed by atoms with Crippen LogP contribution >= 0.6 is 11.6 Å². The van der Waals surface area contributed by atoms with Gasteiger partial charge in [0.2, 0.25) is 0 Å². The minimum absolute atomic E-state index is 0.260. The summed E-state index contributed by atoms with van der Waals surface area (Å²) in [7, 11) is 0. The van der Waals surface area contributed by atoms with Crippen molar-refractivity contribution in [3.63, 3.8) is 0 Å². The van der Waals surface area contributed by atoms with Gasteiger partial charge in [-0.05, 0) is 56.3 Å². The molecule has 0 saturated carbocycles. The summed E-state index contributed by atoms with van der Waals surface area (Å²) < 4.78 is 16.0. The van der Waals surface area contributed by atoms with Gasteiger partial charge in [-0.25, -0.2) is 9.59 Å². The zero-order valence-corrected chi connectivity index (χ0v) is 14.4. The highest BCUT2D eigenvalue weighted by molar-refractivity contribution is 6.30. The molecule has 0 atom stereocenters. The van der Waals surface area contributed by atoms with Gasteiger partial charge in [-0.2, -0.15) is 0 Å². The van der Waals surface area contributed by atoms with Gasteiger partial charge in [0, 0.05) is 10.4 Å². The summed E-state index contributed by atoms with van der Waals surface area (Å²) >= 11 is 5.81. The molecule has 0 spiro atoms. The Morgan fingerprint density at radius 1 is 1.08 bits per heavy atom. The number of hydrogen-bond acceptors (Lipinski definition) is 5. The van der Waals surface area contributed by atoms with E-state index in [0.717, 1.165) is 0 Å². The lowest BCUT2D eigenvalue weighted by atomic mass is 10.1. The van der Waals surface area contributed by atoms with Crippen LogP contribution in [0.2, 0.25) is 5.02 Å². The van der Waals surface area contributed by atoms with E-state index in [9.17, 15) is 9.59 Å². The van der Waals surface area contributed by atoms with Crippen molar-refractivity contribution in [3.05, 3.63) is 64.4 Å². The third kappa shape index (κ3) is 3.51. The number of furan rings is 1. The molecule has 0 aliphatic heterocycles. The van der Waals surface area contributed by atoms with Crippen molar-refractivity contribution in [1.82, 2.24) is 0 Å². The van der Waals surface area contributed by atoms with E-state index in [4.69, 9.17) is 25.5 Å². The highest BCUT2D eigenvalue weighted by Gasteiger charge is 2.20. The van der Waals surface area contributed by atoms with Gasteiger partial charge in [0.15, 0.2) is 0 Å². The van der Waals surface area contributed by atoms with Crippen LogP contribution < -0.4 is 4.74 Å². The number of carbonyl (C=O) groups excluding carboxylic acids is 2. The summed E-state index contributed by atoms with van der Waals surface area (Å²) in [5, 5.41) is 1.07. The van der Waals surface area contributed by atoms with Gasteiger partial charge in [-0.15, -0.1) is 0 Å². The molecule has 1 heterocycles. The molecule has 1 aromatic heterocycles. The molecule has 6 heteroatoms. The number of ether oxygens (including phenoxy) is 2. The van der Waals surface area contributed by atoms with Crippen molar-refractivity contribution < 1.29 is 23.5 Å². The zero-order valence-electron chi connectivity index (χ0n) is 13.7. The Kier molecular flexibility index (Phi) is 4.76. The number of esters is 2. The predicted molar refractivity (Wildman–Crippen MR) is 93.3 cm³/mol. The maximum atomic E-state index is 12.2. The lowest BCUT2D eigenvalue weighted by molar-refractivity contribution is 0.0526. The first kappa shape index (κ1) is 17.0. The van der Waals surface area contributed by atoms with E-state index < -0.39 is 11.9 Å². The molecule has 0 aliphatic rings. The van der Waals surface area contributed by atoms with Crippen molar-refractivity contribution in [2.75, 3.05) is 6.61 Å². The summed E-state index contributed by atoms with van der Waals surface area (Å²) in [6.45, 7) is 3.68. The van der Waals surface area contributed by atoms with Gasteiger partial charge in [-0.1, -0.05) is 11.6 Å². The van der Waals surface area contributed by atoms with Crippen LogP contribution in [0.15, 0.2) is 46.9 Å². The Morgan fingerprint density at radius 2 is 1.80 bits per heavy atom. The first-order valence-corrected chi connectivity index (χ1v) is 8.05. The van der Waals surface area contributed by atoms with Crippen LogP contribution in [0, 0.1) is 6.92 Å². The van der Waals surface area contributed by atoms with E-state index in [1.807, 2.05) is 0 Å². The average molecular weight is 359 g/mol. The summed E-state index contributed by atoms with van der Waals surface area (Å²) in [4.78, 5) is 24.3. The number of benzene rings is 2. The van der Waals surface area contributed by atoms with Gasteiger partial charge in [-0.3, -0.25) is 0 Å². The lowest BCUT2D eigenvalue weighted by Crippen LogP contribution is -2.08. The fourth-order valence-corrected chi connectivity index (χ4v) is 2.60. The van der Waals surface area contributed by atoms with Crippen LogP contribution in [0.1, 0.15) is 33.4 Å². The van der Waals surface area contributed by atoms with E-state index in [1.165, 1.54) is 0 Å². The molecular formula is C19H15ClO5. The van der Waals surface area contributed by atoms with Gasteiger partial charge in [0.1, 0.15) is 22.7 Å². The molecule has 3 aromatic rings. The molecular weight excluding hydrogens is 344 g/mol. The SMILES string of the molecule is CCOC(=O)c1c(C)oc2ccc(OC(=O)c3ccc(Cl)cc3)cc12. The Bertz CT molecular complexity index is 940. The fourth-order valence-electron chi connectivity index (χ4n) is 2.47. The molecule has 25 heavy (non-hydrogen) atoms. The third-order valence-electron chi connectivity index (χ3n) is 3.61. The van der Waals surface area contributed by atoms with Crippen LogP contribution in [0.25, 0.3) is 11.0 Å². The number of hydrogen-bond donors (Lipinski definition) is 0. The number of fused-ring (bicyclic) bond motifs is 1. The minimum atomic E-state index is -0.520. The standard InChI is InChI=1S/C19H15ClO5/c1-3-23-19(22)17-11(2)24-16-9-8-14(10-15(16)17)25-18(21)12-4-6-13(20)7-5-12/h4-10H,3H2,1-2H3. The zero-order chi connectivity index (χ0) is 18.0. The van der Waals surface area contributed by atoms with Gasteiger partial charge >= 0.3 is 11.9 Å². The predicted octanol–water partition coefficient (Wildman–Crippen LogP) is 4.79. The molecule has 0 radical (unpaired) electrons. The van der Waals surface area contributed by atoms with E-state index in [2.05, 4.69) is 0 Å². The van der Waals surface area contributed by atoms with Crippen molar-refractivity contribution in [2.45, 2.75) is 13.8 Å². The van der Waals surface area contributed by atoms with Crippen LogP contribution in [0.3, 0.4) is 0 Å². The number of rotatable bonds is 4. The summed E-state index contributed by atoms with van der Waals surface area (Å²) in [6.07, 6.45) is 0. The molecule has 0 aliphatic carbocycles. The molecule has 3 rings (SSSR count). The average Bonchev–Trinajstić information content (AvgIpc) is 2.91. The van der Waals surface area contributed by atoms with Crippen molar-refractivity contribution in [3.8, 4) is 5.75 Å². The van der Waals surface area contributed by atoms with Gasteiger partial charge in [0.05, 0.1) is 12.2 Å². The summed E-state index contributed by atoms with van der Waals surface area (Å²) in [6, 6.07) is 11.2. The summed E-state index contributed by atoms with van der Waals surface area (Å²) in [5.41, 5.74) is 1.23. The molecule has 0 fully saturated rings. The molecule has 0 amide bonds. The molecule has 0 unspecified atom stereocenters. The van der Waals surface area contributed by atoms with E-state index in [1.54, 1.807) is 56.3 Å². The highest BCUT2D eigenvalue weighted by atomic mass is 35.5. The smallest absolute Gasteiger partial charge is 0.343 e. The number of halogens is 1. The Morgan fingerprint density at radius 3 is 2.48 bits per heavy atom. The Hall–Kier alpha value is -2.79. The van der Waals surface area contributed by atoms with E-state index >= 15 is 0 Å². The Labute approximate surface area is 149 Å². The second-order valence-electron chi connectivity index (χ2n) is 5.31. The van der Waals surface area contributed by atoms with Crippen LogP contribution in [-0.2, 0) is 4.74 Å². The highest BCUT2D eigenvalue weighted by Crippen LogP contribution is 2.30. The van der Waals surface area contributed by atoms with Gasteiger partial charge < -0.3 is 13.9 Å². The molecule has 128 valence electrons.